The second-order valence-corrected chi connectivity index (χ2v) is 12.3. The minimum absolute atomic E-state index is 0.914. The largest absolute Gasteiger partial charge is 0.353 e. The first kappa shape index (κ1) is 28.6. The van der Waals surface area contributed by atoms with Gasteiger partial charge in [0.15, 0.2) is 0 Å². The summed E-state index contributed by atoms with van der Waals surface area (Å²) in [4.78, 5) is 14.1. The minimum atomic E-state index is 0.914. The molecule has 9 aromatic rings. The molecule has 0 aliphatic carbocycles. The molecule has 6 aromatic carbocycles. The Morgan fingerprint density at radius 1 is 0.327 bits per heavy atom. The van der Waals surface area contributed by atoms with Crippen LogP contribution in [0.25, 0.3) is 89.0 Å². The molecule has 0 saturated carbocycles. The maximum absolute atomic E-state index is 5.37. The number of hydrogen-bond acceptors (Lipinski definition) is 2. The lowest BCUT2D eigenvalue weighted by Crippen LogP contribution is -1.93. The van der Waals surface area contributed by atoms with Gasteiger partial charge >= 0.3 is 0 Å². The highest BCUT2D eigenvalue weighted by Crippen LogP contribution is 2.42. The Kier molecular flexibility index (Phi) is 7.14. The van der Waals surface area contributed by atoms with Gasteiger partial charge in [0.25, 0.3) is 0 Å². The Hall–Kier alpha value is -6.58. The molecule has 3 heterocycles. The van der Waals surface area contributed by atoms with Crippen molar-refractivity contribution in [3.63, 3.8) is 0 Å². The second-order valence-electron chi connectivity index (χ2n) is 12.3. The van der Waals surface area contributed by atoms with Crippen LogP contribution in [0.2, 0.25) is 0 Å². The zero-order chi connectivity index (χ0) is 32.6. The minimum Gasteiger partial charge on any atom is -0.353 e. The van der Waals surface area contributed by atoms with E-state index in [2.05, 4.69) is 169 Å². The molecule has 0 radical (unpaired) electrons. The van der Waals surface area contributed by atoms with E-state index in [1.54, 1.807) is 0 Å². The van der Waals surface area contributed by atoms with Gasteiger partial charge in [-0.3, -0.25) is 4.98 Å². The molecule has 0 spiro atoms. The van der Waals surface area contributed by atoms with Crippen LogP contribution in [0.1, 0.15) is 0 Å². The van der Waals surface area contributed by atoms with E-state index in [1.807, 2.05) is 18.3 Å². The molecular weight excluding hydrogens is 595 g/mol. The molecule has 0 atom stereocenters. The summed E-state index contributed by atoms with van der Waals surface area (Å²) in [6, 6.07) is 61.9. The molecule has 9 rings (SSSR count). The molecule has 0 amide bonds. The SMILES string of the molecule is c1ccc(-c2cc(-c3ccccc3)nc(-c3cc(-c4ccccc4)cc4c3[nH]c3c(-c5ccccn5)cc(-c5ccccc5)cc34)c2)cc1. The summed E-state index contributed by atoms with van der Waals surface area (Å²) in [5.74, 6) is 0. The van der Waals surface area contributed by atoms with Crippen LogP contribution in [0.15, 0.2) is 182 Å². The highest BCUT2D eigenvalue weighted by Gasteiger charge is 2.19. The molecule has 0 aliphatic heterocycles. The number of H-pyrrole nitrogens is 1. The van der Waals surface area contributed by atoms with Gasteiger partial charge in [-0.05, 0) is 81.9 Å². The van der Waals surface area contributed by atoms with E-state index >= 15 is 0 Å². The first-order valence-corrected chi connectivity index (χ1v) is 16.6. The zero-order valence-corrected chi connectivity index (χ0v) is 26.7. The molecule has 3 heteroatoms. The van der Waals surface area contributed by atoms with Gasteiger partial charge in [-0.2, -0.15) is 0 Å². The lowest BCUT2D eigenvalue weighted by atomic mass is 9.94. The monoisotopic (exact) mass is 625 g/mol. The number of rotatable bonds is 6. The Labute approximate surface area is 285 Å². The van der Waals surface area contributed by atoms with Crippen molar-refractivity contribution in [2.75, 3.05) is 0 Å². The summed E-state index contributed by atoms with van der Waals surface area (Å²) >= 11 is 0. The van der Waals surface area contributed by atoms with Crippen LogP contribution in [0.5, 0.6) is 0 Å². The Balaban J connectivity index is 1.38. The number of nitrogens with one attached hydrogen (secondary N) is 1. The third kappa shape index (κ3) is 5.38. The normalized spacial score (nSPS) is 11.3. The molecule has 3 aromatic heterocycles. The Morgan fingerprint density at radius 2 is 0.755 bits per heavy atom. The van der Waals surface area contributed by atoms with E-state index in [9.17, 15) is 0 Å². The first-order chi connectivity index (χ1) is 24.3. The van der Waals surface area contributed by atoms with Crippen molar-refractivity contribution in [3.05, 3.63) is 182 Å². The molecule has 0 saturated heterocycles. The van der Waals surface area contributed by atoms with Crippen molar-refractivity contribution in [1.82, 2.24) is 15.0 Å². The molecule has 1 N–H and O–H groups in total. The summed E-state index contributed by atoms with van der Waals surface area (Å²) in [6.07, 6.45) is 1.86. The molecule has 0 bridgehead atoms. The van der Waals surface area contributed by atoms with Gasteiger partial charge in [0.2, 0.25) is 0 Å². The predicted octanol–water partition coefficient (Wildman–Crippen LogP) is 12.1. The first-order valence-electron chi connectivity index (χ1n) is 16.6. The molecular formula is C46H31N3. The van der Waals surface area contributed by atoms with E-state index in [0.29, 0.717) is 0 Å². The van der Waals surface area contributed by atoms with Crippen LogP contribution in [0.3, 0.4) is 0 Å². The summed E-state index contributed by atoms with van der Waals surface area (Å²) in [5.41, 5.74) is 15.0. The predicted molar refractivity (Wildman–Crippen MR) is 204 cm³/mol. The third-order valence-corrected chi connectivity index (χ3v) is 9.25. The lowest BCUT2D eigenvalue weighted by Gasteiger charge is -2.13. The van der Waals surface area contributed by atoms with Crippen molar-refractivity contribution < 1.29 is 0 Å². The van der Waals surface area contributed by atoms with Gasteiger partial charge in [0, 0.05) is 33.7 Å². The zero-order valence-electron chi connectivity index (χ0n) is 26.7. The smallest absolute Gasteiger partial charge is 0.0737 e. The van der Waals surface area contributed by atoms with Gasteiger partial charge in [-0.25, -0.2) is 4.98 Å². The fraction of sp³-hybridized carbons (Fsp3) is 0. The summed E-state index contributed by atoms with van der Waals surface area (Å²) in [6.45, 7) is 0. The highest BCUT2D eigenvalue weighted by atomic mass is 14.8. The second kappa shape index (κ2) is 12.2. The van der Waals surface area contributed by atoms with Crippen LogP contribution in [-0.2, 0) is 0 Å². The Morgan fingerprint density at radius 3 is 1.24 bits per heavy atom. The average molecular weight is 626 g/mol. The Bertz CT molecular complexity index is 2500. The fourth-order valence-corrected chi connectivity index (χ4v) is 6.85. The summed E-state index contributed by atoms with van der Waals surface area (Å²) in [5, 5.41) is 2.30. The van der Waals surface area contributed by atoms with Crippen LogP contribution < -0.4 is 0 Å². The van der Waals surface area contributed by atoms with Crippen LogP contribution >= 0.6 is 0 Å². The number of pyridine rings is 2. The van der Waals surface area contributed by atoms with E-state index < -0.39 is 0 Å². The number of hydrogen-bond donors (Lipinski definition) is 1. The summed E-state index contributed by atoms with van der Waals surface area (Å²) in [7, 11) is 0. The molecule has 49 heavy (non-hydrogen) atoms. The average Bonchev–Trinajstić information content (AvgIpc) is 3.57. The quantitative estimate of drug-likeness (QED) is 0.200. The molecule has 3 nitrogen and oxygen atoms in total. The van der Waals surface area contributed by atoms with Crippen molar-refractivity contribution in [2.24, 2.45) is 0 Å². The van der Waals surface area contributed by atoms with Gasteiger partial charge < -0.3 is 4.98 Å². The van der Waals surface area contributed by atoms with Gasteiger partial charge in [-0.15, -0.1) is 0 Å². The van der Waals surface area contributed by atoms with Crippen LogP contribution in [0.4, 0.5) is 0 Å². The van der Waals surface area contributed by atoms with Crippen LogP contribution in [0, 0.1) is 0 Å². The maximum Gasteiger partial charge on any atom is 0.0737 e. The van der Waals surface area contributed by atoms with Gasteiger partial charge in [0.1, 0.15) is 0 Å². The van der Waals surface area contributed by atoms with Gasteiger partial charge in [0.05, 0.1) is 28.1 Å². The number of fused-ring (bicyclic) bond motifs is 3. The molecule has 0 fully saturated rings. The van der Waals surface area contributed by atoms with Crippen molar-refractivity contribution in [2.45, 2.75) is 0 Å². The molecule has 230 valence electrons. The fourth-order valence-electron chi connectivity index (χ4n) is 6.85. The van der Waals surface area contributed by atoms with Crippen molar-refractivity contribution in [3.8, 4) is 67.2 Å². The van der Waals surface area contributed by atoms with Crippen molar-refractivity contribution in [1.29, 1.82) is 0 Å². The van der Waals surface area contributed by atoms with Gasteiger partial charge in [-0.1, -0.05) is 127 Å². The number of benzene rings is 6. The number of aromatic amines is 1. The maximum atomic E-state index is 5.37. The van der Waals surface area contributed by atoms with E-state index in [-0.39, 0.29) is 0 Å². The summed E-state index contributed by atoms with van der Waals surface area (Å²) < 4.78 is 0. The molecule has 0 unspecified atom stereocenters. The highest BCUT2D eigenvalue weighted by molar-refractivity contribution is 6.17. The van der Waals surface area contributed by atoms with Crippen LogP contribution in [-0.4, -0.2) is 15.0 Å². The standard InChI is InChI=1S/C46H31N3/c1-5-15-31(16-6-1)35-25-38-39-26-36(32-17-7-2-8-18-32)28-41(46(39)49-45(38)40(27-35)42-23-13-14-24-47-42)44-30-37(33-19-9-3-10-20-33)29-43(48-44)34-21-11-4-12-22-34/h1-30,49H. The topological polar surface area (TPSA) is 41.6 Å². The number of nitrogens with zero attached hydrogens (tertiary/aromatic N) is 2. The van der Waals surface area contributed by atoms with E-state index in [1.165, 1.54) is 5.56 Å². The van der Waals surface area contributed by atoms with E-state index in [4.69, 9.17) is 9.97 Å². The lowest BCUT2D eigenvalue weighted by molar-refractivity contribution is 1.32. The third-order valence-electron chi connectivity index (χ3n) is 9.25. The molecule has 0 aliphatic rings. The van der Waals surface area contributed by atoms with E-state index in [0.717, 1.165) is 83.4 Å². The number of aromatic nitrogens is 3. The van der Waals surface area contributed by atoms with Crippen molar-refractivity contribution >= 4 is 21.8 Å².